The fraction of sp³-hybridized carbons (Fsp3) is 0.0667. The Balaban J connectivity index is 2.10. The normalized spacial score (nSPS) is 10.8. The molecule has 1 heteroatoms. The van der Waals surface area contributed by atoms with Crippen molar-refractivity contribution in [2.75, 3.05) is 0 Å². The molecule has 0 N–H and O–H groups in total. The number of benzene rings is 2. The molecule has 1 heterocycles. The molecule has 0 aliphatic carbocycles. The van der Waals surface area contributed by atoms with Gasteiger partial charge in [-0.05, 0) is 27.8 Å². The second-order valence-electron chi connectivity index (χ2n) is 3.89. The molecule has 0 radical (unpaired) electrons. The van der Waals surface area contributed by atoms with E-state index in [0.29, 0.717) is 0 Å². The molecule has 3 rings (SSSR count). The van der Waals surface area contributed by atoms with Crippen LogP contribution >= 0.6 is 11.3 Å². The fourth-order valence-electron chi connectivity index (χ4n) is 2.05. The van der Waals surface area contributed by atoms with E-state index in [1.165, 1.54) is 21.2 Å². The first kappa shape index (κ1) is 9.61. The summed E-state index contributed by atoms with van der Waals surface area (Å²) in [7, 11) is 0. The van der Waals surface area contributed by atoms with Crippen molar-refractivity contribution in [2.45, 2.75) is 6.42 Å². The van der Waals surface area contributed by atoms with Crippen molar-refractivity contribution >= 4 is 22.1 Å². The van der Waals surface area contributed by atoms with E-state index in [-0.39, 0.29) is 0 Å². The largest absolute Gasteiger partial charge is 0.149 e. The summed E-state index contributed by atoms with van der Waals surface area (Å²) in [6.07, 6.45) is 1.04. The summed E-state index contributed by atoms with van der Waals surface area (Å²) in [5.74, 6) is 0. The number of hydrogen-bond acceptors (Lipinski definition) is 1. The third kappa shape index (κ3) is 1.74. The van der Waals surface area contributed by atoms with Gasteiger partial charge in [-0.15, -0.1) is 11.3 Å². The van der Waals surface area contributed by atoms with Gasteiger partial charge >= 0.3 is 0 Å². The van der Waals surface area contributed by atoms with E-state index in [1.54, 1.807) is 0 Å². The molecule has 0 spiro atoms. The number of fused-ring (bicyclic) bond motifs is 1. The van der Waals surface area contributed by atoms with Crippen LogP contribution in [0, 0.1) is 0 Å². The summed E-state index contributed by atoms with van der Waals surface area (Å²) < 4.78 is 0. The Morgan fingerprint density at radius 3 is 2.56 bits per heavy atom. The van der Waals surface area contributed by atoms with Gasteiger partial charge in [0.05, 0.1) is 0 Å². The highest BCUT2D eigenvalue weighted by molar-refractivity contribution is 7.09. The second-order valence-corrected chi connectivity index (χ2v) is 4.93. The van der Waals surface area contributed by atoms with Crippen molar-refractivity contribution in [3.05, 3.63) is 70.4 Å². The van der Waals surface area contributed by atoms with Crippen LogP contribution in [0.25, 0.3) is 10.8 Å². The van der Waals surface area contributed by atoms with Crippen molar-refractivity contribution in [2.24, 2.45) is 0 Å². The van der Waals surface area contributed by atoms with E-state index in [1.807, 2.05) is 11.3 Å². The molecular formula is C15H12S. The highest BCUT2D eigenvalue weighted by Gasteiger charge is 2.01. The van der Waals surface area contributed by atoms with Gasteiger partial charge in [0.1, 0.15) is 0 Å². The van der Waals surface area contributed by atoms with Gasteiger partial charge in [0, 0.05) is 11.3 Å². The lowest BCUT2D eigenvalue weighted by atomic mass is 10.0. The summed E-state index contributed by atoms with van der Waals surface area (Å²) in [4.78, 5) is 1.43. The second kappa shape index (κ2) is 4.11. The Bertz CT molecular complexity index is 588. The van der Waals surface area contributed by atoms with Gasteiger partial charge in [0.25, 0.3) is 0 Å². The lowest BCUT2D eigenvalue weighted by molar-refractivity contribution is 1.27. The molecule has 0 unspecified atom stereocenters. The van der Waals surface area contributed by atoms with Gasteiger partial charge in [-0.1, -0.05) is 48.5 Å². The Morgan fingerprint density at radius 1 is 0.812 bits per heavy atom. The molecule has 2 aromatic carbocycles. The van der Waals surface area contributed by atoms with Crippen LogP contribution in [-0.2, 0) is 6.42 Å². The molecule has 0 atom stereocenters. The summed E-state index contributed by atoms with van der Waals surface area (Å²) in [5, 5.41) is 4.84. The first-order valence-electron chi connectivity index (χ1n) is 5.42. The monoisotopic (exact) mass is 224 g/mol. The average Bonchev–Trinajstić information content (AvgIpc) is 2.82. The maximum absolute atomic E-state index is 2.22. The number of rotatable bonds is 2. The third-order valence-corrected chi connectivity index (χ3v) is 3.70. The minimum absolute atomic E-state index is 1.04. The molecule has 0 saturated heterocycles. The Kier molecular flexibility index (Phi) is 2.47. The van der Waals surface area contributed by atoms with E-state index in [4.69, 9.17) is 0 Å². The van der Waals surface area contributed by atoms with Crippen LogP contribution in [0.1, 0.15) is 10.4 Å². The van der Waals surface area contributed by atoms with Gasteiger partial charge in [-0.25, -0.2) is 0 Å². The lowest BCUT2D eigenvalue weighted by Crippen LogP contribution is -1.86. The van der Waals surface area contributed by atoms with Crippen molar-refractivity contribution in [3.8, 4) is 0 Å². The molecule has 0 bridgehead atoms. The summed E-state index contributed by atoms with van der Waals surface area (Å²) >= 11 is 1.83. The predicted molar refractivity (Wildman–Crippen MR) is 71.1 cm³/mol. The van der Waals surface area contributed by atoms with Gasteiger partial charge in [0.15, 0.2) is 0 Å². The van der Waals surface area contributed by atoms with Crippen LogP contribution in [0.4, 0.5) is 0 Å². The van der Waals surface area contributed by atoms with E-state index in [2.05, 4.69) is 60.0 Å². The molecule has 0 aliphatic heterocycles. The fourth-order valence-corrected chi connectivity index (χ4v) is 2.78. The van der Waals surface area contributed by atoms with Crippen LogP contribution in [0.5, 0.6) is 0 Å². The number of thiophene rings is 1. The first-order chi connectivity index (χ1) is 7.93. The molecule has 78 valence electrons. The van der Waals surface area contributed by atoms with Gasteiger partial charge in [-0.2, -0.15) is 0 Å². The van der Waals surface area contributed by atoms with E-state index >= 15 is 0 Å². The molecule has 3 aromatic rings. The SMILES string of the molecule is c1csc(Cc2cccc3ccccc23)c1. The van der Waals surface area contributed by atoms with Crippen molar-refractivity contribution in [1.82, 2.24) is 0 Å². The maximum atomic E-state index is 2.22. The van der Waals surface area contributed by atoms with E-state index in [0.717, 1.165) is 6.42 Å². The highest BCUT2D eigenvalue weighted by atomic mass is 32.1. The van der Waals surface area contributed by atoms with Crippen molar-refractivity contribution < 1.29 is 0 Å². The lowest BCUT2D eigenvalue weighted by Gasteiger charge is -2.04. The van der Waals surface area contributed by atoms with Gasteiger partial charge < -0.3 is 0 Å². The molecule has 0 saturated carbocycles. The first-order valence-corrected chi connectivity index (χ1v) is 6.30. The smallest absolute Gasteiger partial charge is 0.00892 e. The van der Waals surface area contributed by atoms with Crippen LogP contribution in [0.3, 0.4) is 0 Å². The molecule has 0 aliphatic rings. The zero-order chi connectivity index (χ0) is 10.8. The Labute approximate surface area is 99.2 Å². The quantitative estimate of drug-likeness (QED) is 0.601. The van der Waals surface area contributed by atoms with Crippen LogP contribution in [0.15, 0.2) is 60.0 Å². The molecule has 16 heavy (non-hydrogen) atoms. The van der Waals surface area contributed by atoms with Crippen LogP contribution in [-0.4, -0.2) is 0 Å². The van der Waals surface area contributed by atoms with Gasteiger partial charge in [0.2, 0.25) is 0 Å². The highest BCUT2D eigenvalue weighted by Crippen LogP contribution is 2.22. The van der Waals surface area contributed by atoms with Crippen molar-refractivity contribution in [1.29, 1.82) is 0 Å². The van der Waals surface area contributed by atoms with Crippen molar-refractivity contribution in [3.63, 3.8) is 0 Å². The molecule has 0 nitrogen and oxygen atoms in total. The molecule has 0 fully saturated rings. The molecule has 0 amide bonds. The predicted octanol–water partition coefficient (Wildman–Crippen LogP) is 4.49. The maximum Gasteiger partial charge on any atom is 0.00892 e. The number of hydrogen-bond donors (Lipinski definition) is 0. The average molecular weight is 224 g/mol. The minimum Gasteiger partial charge on any atom is -0.149 e. The minimum atomic E-state index is 1.04. The standard InChI is InChI=1S/C15H12S/c1-2-9-15-12(5-1)6-3-7-13(15)11-14-8-4-10-16-14/h1-10H,11H2. The summed E-state index contributed by atoms with van der Waals surface area (Å²) in [6, 6.07) is 19.4. The third-order valence-electron chi connectivity index (χ3n) is 2.82. The summed E-state index contributed by atoms with van der Waals surface area (Å²) in [5.41, 5.74) is 1.42. The van der Waals surface area contributed by atoms with Gasteiger partial charge in [-0.3, -0.25) is 0 Å². The zero-order valence-corrected chi connectivity index (χ0v) is 9.71. The molecule has 1 aromatic heterocycles. The molecular weight excluding hydrogens is 212 g/mol. The van der Waals surface area contributed by atoms with Crippen LogP contribution < -0.4 is 0 Å². The topological polar surface area (TPSA) is 0 Å². The van der Waals surface area contributed by atoms with E-state index < -0.39 is 0 Å². The van der Waals surface area contributed by atoms with E-state index in [9.17, 15) is 0 Å². The van der Waals surface area contributed by atoms with Crippen LogP contribution in [0.2, 0.25) is 0 Å². The zero-order valence-electron chi connectivity index (χ0n) is 8.89. The summed E-state index contributed by atoms with van der Waals surface area (Å²) in [6.45, 7) is 0. The Morgan fingerprint density at radius 2 is 1.69 bits per heavy atom. The Hall–Kier alpha value is -1.60.